The summed E-state index contributed by atoms with van der Waals surface area (Å²) in [6, 6.07) is 16.2. The van der Waals surface area contributed by atoms with Gasteiger partial charge < -0.3 is 23.4 Å². The molecule has 0 aliphatic carbocycles. The molecule has 0 saturated heterocycles. The molecule has 5 rings (SSSR count). The van der Waals surface area contributed by atoms with Crippen molar-refractivity contribution in [1.82, 2.24) is 0 Å². The van der Waals surface area contributed by atoms with Crippen LogP contribution in [0.15, 0.2) is 59.0 Å². The van der Waals surface area contributed by atoms with Gasteiger partial charge in [0.15, 0.2) is 11.5 Å². The fraction of sp³-hybridized carbons (Fsp3) is 0.0952. The molecule has 0 radical (unpaired) electrons. The van der Waals surface area contributed by atoms with Crippen molar-refractivity contribution in [2.45, 2.75) is 0 Å². The van der Waals surface area contributed by atoms with Gasteiger partial charge >= 0.3 is 6.09 Å². The van der Waals surface area contributed by atoms with Gasteiger partial charge in [-0.3, -0.25) is 5.32 Å². The van der Waals surface area contributed by atoms with Gasteiger partial charge in [0.1, 0.15) is 22.7 Å². The van der Waals surface area contributed by atoms with Crippen molar-refractivity contribution < 1.29 is 28.2 Å². The van der Waals surface area contributed by atoms with Crippen LogP contribution in [-0.4, -0.2) is 20.0 Å². The molecule has 1 amide bonds. The Hall–Kier alpha value is -3.87. The summed E-state index contributed by atoms with van der Waals surface area (Å²) in [5.41, 5.74) is 1.85. The SMILES string of the molecule is COc1cc2c(cc1NC(=O)Oc1ccc3c(c1)OCO3)oc1ccccc12. The number of amides is 1. The maximum atomic E-state index is 12.4. The minimum absolute atomic E-state index is 0.152. The van der Waals surface area contributed by atoms with E-state index in [-0.39, 0.29) is 6.79 Å². The average Bonchev–Trinajstić information content (AvgIpc) is 3.30. The number of fused-ring (bicyclic) bond motifs is 4. The fourth-order valence-corrected chi connectivity index (χ4v) is 3.20. The number of methoxy groups -OCH3 is 1. The molecule has 1 aliphatic heterocycles. The predicted octanol–water partition coefficient (Wildman–Crippen LogP) is 4.93. The number of carbonyl (C=O) groups excluding carboxylic acids is 1. The quantitative estimate of drug-likeness (QED) is 0.545. The van der Waals surface area contributed by atoms with Crippen LogP contribution in [0.2, 0.25) is 0 Å². The number of ether oxygens (including phenoxy) is 4. The Morgan fingerprint density at radius 3 is 2.71 bits per heavy atom. The van der Waals surface area contributed by atoms with E-state index in [1.54, 1.807) is 24.3 Å². The van der Waals surface area contributed by atoms with Crippen molar-refractivity contribution in [3.05, 3.63) is 54.6 Å². The first-order valence-corrected chi connectivity index (χ1v) is 8.59. The Bertz CT molecular complexity index is 1210. The predicted molar refractivity (Wildman–Crippen MR) is 102 cm³/mol. The highest BCUT2D eigenvalue weighted by molar-refractivity contribution is 6.07. The van der Waals surface area contributed by atoms with E-state index in [9.17, 15) is 4.79 Å². The lowest BCUT2D eigenvalue weighted by Gasteiger charge is -2.11. The Labute approximate surface area is 159 Å². The lowest BCUT2D eigenvalue weighted by Crippen LogP contribution is -2.17. The van der Waals surface area contributed by atoms with E-state index in [0.717, 1.165) is 16.4 Å². The normalized spacial score (nSPS) is 12.3. The van der Waals surface area contributed by atoms with Gasteiger partial charge in [-0.1, -0.05) is 18.2 Å². The minimum atomic E-state index is -0.660. The van der Waals surface area contributed by atoms with E-state index in [1.165, 1.54) is 7.11 Å². The number of hydrogen-bond acceptors (Lipinski definition) is 6. The molecular formula is C21H15NO6. The van der Waals surface area contributed by atoms with Crippen molar-refractivity contribution in [2.24, 2.45) is 0 Å². The summed E-state index contributed by atoms with van der Waals surface area (Å²) in [6.45, 7) is 0.152. The zero-order chi connectivity index (χ0) is 19.1. The maximum Gasteiger partial charge on any atom is 0.417 e. The molecule has 0 saturated carbocycles. The third-order valence-electron chi connectivity index (χ3n) is 4.49. The first kappa shape index (κ1) is 16.3. The number of hydrogen-bond donors (Lipinski definition) is 1. The largest absolute Gasteiger partial charge is 0.495 e. The van der Waals surface area contributed by atoms with Gasteiger partial charge in [-0.25, -0.2) is 4.79 Å². The Morgan fingerprint density at radius 2 is 1.82 bits per heavy atom. The van der Waals surface area contributed by atoms with E-state index in [1.807, 2.05) is 30.3 Å². The van der Waals surface area contributed by atoms with Crippen LogP contribution in [0.5, 0.6) is 23.0 Å². The molecule has 1 aliphatic rings. The second-order valence-corrected chi connectivity index (χ2v) is 6.18. The van der Waals surface area contributed by atoms with E-state index >= 15 is 0 Å². The lowest BCUT2D eigenvalue weighted by molar-refractivity contribution is 0.174. The third-order valence-corrected chi connectivity index (χ3v) is 4.49. The van der Waals surface area contributed by atoms with Crippen LogP contribution in [0.25, 0.3) is 21.9 Å². The molecule has 0 unspecified atom stereocenters. The van der Waals surface area contributed by atoms with Gasteiger partial charge in [-0.15, -0.1) is 0 Å². The molecule has 1 N–H and O–H groups in total. The summed E-state index contributed by atoms with van der Waals surface area (Å²) in [7, 11) is 1.54. The number of nitrogens with one attached hydrogen (secondary N) is 1. The second-order valence-electron chi connectivity index (χ2n) is 6.18. The summed E-state index contributed by atoms with van der Waals surface area (Å²) < 4.78 is 27.2. The van der Waals surface area contributed by atoms with Crippen molar-refractivity contribution in [2.75, 3.05) is 19.2 Å². The monoisotopic (exact) mass is 377 g/mol. The maximum absolute atomic E-state index is 12.4. The smallest absolute Gasteiger partial charge is 0.417 e. The Kier molecular flexibility index (Phi) is 3.72. The highest BCUT2D eigenvalue weighted by Crippen LogP contribution is 2.37. The molecule has 4 aromatic rings. The number of para-hydroxylation sites is 1. The molecular weight excluding hydrogens is 362 g/mol. The van der Waals surface area contributed by atoms with Crippen LogP contribution in [0.4, 0.5) is 10.5 Å². The lowest BCUT2D eigenvalue weighted by atomic mass is 10.1. The molecule has 0 atom stereocenters. The molecule has 0 fully saturated rings. The van der Waals surface area contributed by atoms with E-state index in [0.29, 0.717) is 34.3 Å². The minimum Gasteiger partial charge on any atom is -0.495 e. The average molecular weight is 377 g/mol. The summed E-state index contributed by atoms with van der Waals surface area (Å²) in [5.74, 6) is 1.99. The topological polar surface area (TPSA) is 79.2 Å². The van der Waals surface area contributed by atoms with Gasteiger partial charge in [0.25, 0.3) is 0 Å². The standard InChI is InChI=1S/C21H15NO6/c1-24-19-9-14-13-4-2-3-5-16(13)28-18(14)10-15(19)22-21(23)27-12-6-7-17-20(8-12)26-11-25-17/h2-10H,11H2,1H3,(H,22,23). The zero-order valence-electron chi connectivity index (χ0n) is 14.9. The van der Waals surface area contributed by atoms with E-state index in [4.69, 9.17) is 23.4 Å². The molecule has 0 bridgehead atoms. The number of anilines is 1. The van der Waals surface area contributed by atoms with Crippen molar-refractivity contribution in [1.29, 1.82) is 0 Å². The molecule has 140 valence electrons. The molecule has 2 heterocycles. The number of furan rings is 1. The van der Waals surface area contributed by atoms with Crippen LogP contribution in [0.3, 0.4) is 0 Å². The van der Waals surface area contributed by atoms with Gasteiger partial charge in [-0.05, 0) is 24.3 Å². The molecule has 0 spiro atoms. The molecule has 7 heteroatoms. The van der Waals surface area contributed by atoms with E-state index in [2.05, 4.69) is 5.32 Å². The summed E-state index contributed by atoms with van der Waals surface area (Å²) in [6.07, 6.45) is -0.660. The van der Waals surface area contributed by atoms with Gasteiger partial charge in [0.2, 0.25) is 6.79 Å². The first-order chi connectivity index (χ1) is 13.7. The fourth-order valence-electron chi connectivity index (χ4n) is 3.20. The molecule has 1 aromatic heterocycles. The molecule has 7 nitrogen and oxygen atoms in total. The van der Waals surface area contributed by atoms with Gasteiger partial charge in [0, 0.05) is 22.9 Å². The second kappa shape index (κ2) is 6.38. The van der Waals surface area contributed by atoms with Crippen molar-refractivity contribution in [3.8, 4) is 23.0 Å². The first-order valence-electron chi connectivity index (χ1n) is 8.59. The van der Waals surface area contributed by atoms with Crippen LogP contribution >= 0.6 is 0 Å². The van der Waals surface area contributed by atoms with Crippen LogP contribution < -0.4 is 24.3 Å². The number of rotatable bonds is 3. The summed E-state index contributed by atoms with van der Waals surface area (Å²) >= 11 is 0. The third kappa shape index (κ3) is 2.73. The van der Waals surface area contributed by atoms with Crippen LogP contribution in [0.1, 0.15) is 0 Å². The van der Waals surface area contributed by atoms with Crippen molar-refractivity contribution in [3.63, 3.8) is 0 Å². The zero-order valence-corrected chi connectivity index (χ0v) is 14.9. The molecule has 28 heavy (non-hydrogen) atoms. The Morgan fingerprint density at radius 1 is 0.964 bits per heavy atom. The van der Waals surface area contributed by atoms with Gasteiger partial charge in [0.05, 0.1) is 12.8 Å². The van der Waals surface area contributed by atoms with Gasteiger partial charge in [-0.2, -0.15) is 0 Å². The highest BCUT2D eigenvalue weighted by Gasteiger charge is 2.17. The van der Waals surface area contributed by atoms with Crippen LogP contribution in [0, 0.1) is 0 Å². The van der Waals surface area contributed by atoms with Crippen molar-refractivity contribution >= 4 is 33.7 Å². The summed E-state index contributed by atoms with van der Waals surface area (Å²) in [5, 5.41) is 4.58. The summed E-state index contributed by atoms with van der Waals surface area (Å²) in [4.78, 5) is 12.4. The number of carbonyl (C=O) groups is 1. The number of benzene rings is 3. The molecule has 3 aromatic carbocycles. The van der Waals surface area contributed by atoms with E-state index < -0.39 is 6.09 Å². The van der Waals surface area contributed by atoms with Crippen LogP contribution in [-0.2, 0) is 0 Å². The highest BCUT2D eigenvalue weighted by atomic mass is 16.7. The Balaban J connectivity index is 1.43.